The van der Waals surface area contributed by atoms with Gasteiger partial charge in [0.05, 0.1) is 0 Å². The van der Waals surface area contributed by atoms with Gasteiger partial charge in [-0.1, -0.05) is 0 Å². The third-order valence-electron chi connectivity index (χ3n) is 3.64. The van der Waals surface area contributed by atoms with Gasteiger partial charge in [0.1, 0.15) is 0 Å². The largest absolute Gasteiger partial charge is 0.417 e. The van der Waals surface area contributed by atoms with Crippen LogP contribution in [0.4, 0.5) is 13.2 Å². The van der Waals surface area contributed by atoms with Gasteiger partial charge in [-0.2, -0.15) is 13.2 Å². The Morgan fingerprint density at radius 2 is 1.73 bits per heavy atom. The third-order valence-corrected chi connectivity index (χ3v) is 3.64. The summed E-state index contributed by atoms with van der Waals surface area (Å²) in [5, 5.41) is 9.25. The zero-order valence-electron chi connectivity index (χ0n) is 8.18. The summed E-state index contributed by atoms with van der Waals surface area (Å²) in [6, 6.07) is 0. The van der Waals surface area contributed by atoms with Crippen LogP contribution in [0.5, 0.6) is 0 Å². The lowest BCUT2D eigenvalue weighted by atomic mass is 9.46. The lowest BCUT2D eigenvalue weighted by Gasteiger charge is -2.61. The molecule has 0 atom stereocenters. The first-order chi connectivity index (χ1) is 6.30. The Morgan fingerprint density at radius 3 is 2.07 bits per heavy atom. The summed E-state index contributed by atoms with van der Waals surface area (Å²) in [4.78, 5) is 0. The van der Waals surface area contributed by atoms with Crippen LogP contribution in [-0.4, -0.2) is 23.4 Å². The van der Waals surface area contributed by atoms with E-state index in [-0.39, 0.29) is 30.7 Å². The molecule has 2 rings (SSSR count). The summed E-state index contributed by atoms with van der Waals surface area (Å²) in [5.41, 5.74) is 2.75. The highest BCUT2D eigenvalue weighted by molar-refractivity contribution is 5.85. The summed E-state index contributed by atoms with van der Waals surface area (Å²) < 4.78 is 36.9. The second-order valence-electron chi connectivity index (χ2n) is 4.89. The van der Waals surface area contributed by atoms with Crippen molar-refractivity contribution >= 4 is 12.4 Å². The van der Waals surface area contributed by atoms with Gasteiger partial charge < -0.3 is 10.8 Å². The molecule has 0 unspecified atom stereocenters. The molecule has 0 aromatic heterocycles. The Balaban J connectivity index is 0.00000112. The van der Waals surface area contributed by atoms with E-state index in [1.54, 1.807) is 0 Å². The summed E-state index contributed by atoms with van der Waals surface area (Å²) in [7, 11) is 0. The van der Waals surface area contributed by atoms with Crippen molar-refractivity contribution in [3.63, 3.8) is 0 Å². The Labute approximate surface area is 92.4 Å². The number of nitrogens with two attached hydrogens (primary N) is 1. The Hall–Kier alpha value is -0.0000000000000000555. The van der Waals surface area contributed by atoms with Crippen molar-refractivity contribution in [1.29, 1.82) is 0 Å². The van der Waals surface area contributed by atoms with E-state index in [1.165, 1.54) is 0 Å². The van der Waals surface area contributed by atoms with Crippen LogP contribution in [0.15, 0.2) is 0 Å². The van der Waals surface area contributed by atoms with Crippen LogP contribution in [0, 0.1) is 11.3 Å². The minimum atomic E-state index is -4.47. The van der Waals surface area contributed by atoms with E-state index < -0.39 is 11.8 Å². The standard InChI is InChI=1S/C9H14F3NO.ClH/c10-9(11,12)8(14)4-7(5-8)1-6(2-7)3-13;/h6,14H,1-5,13H2;1H. The van der Waals surface area contributed by atoms with Gasteiger partial charge in [0.25, 0.3) is 0 Å². The van der Waals surface area contributed by atoms with Crippen molar-refractivity contribution in [3.8, 4) is 0 Å². The van der Waals surface area contributed by atoms with E-state index in [1.807, 2.05) is 0 Å². The number of rotatable bonds is 1. The molecule has 0 aromatic rings. The van der Waals surface area contributed by atoms with Gasteiger partial charge in [0.15, 0.2) is 5.60 Å². The molecule has 0 aromatic carbocycles. The number of alkyl halides is 3. The molecule has 1 spiro atoms. The Kier molecular flexibility index (Phi) is 3.05. The van der Waals surface area contributed by atoms with Gasteiger partial charge in [0, 0.05) is 0 Å². The molecule has 90 valence electrons. The quantitative estimate of drug-likeness (QED) is 0.741. The van der Waals surface area contributed by atoms with Crippen LogP contribution in [0.2, 0.25) is 0 Å². The van der Waals surface area contributed by atoms with Gasteiger partial charge in [0.2, 0.25) is 0 Å². The summed E-state index contributed by atoms with van der Waals surface area (Å²) in [5.74, 6) is 0.368. The predicted octanol–water partition coefficient (Wildman–Crippen LogP) is 1.85. The highest BCUT2D eigenvalue weighted by Gasteiger charge is 2.69. The zero-order chi connectivity index (χ0) is 10.6. The zero-order valence-corrected chi connectivity index (χ0v) is 9.00. The molecule has 2 saturated carbocycles. The predicted molar refractivity (Wildman–Crippen MR) is 51.7 cm³/mol. The second-order valence-corrected chi connectivity index (χ2v) is 4.89. The lowest BCUT2D eigenvalue weighted by Crippen LogP contribution is -2.64. The summed E-state index contributed by atoms with van der Waals surface area (Å²) >= 11 is 0. The molecular weight excluding hydrogens is 231 g/mol. The number of hydrogen-bond acceptors (Lipinski definition) is 2. The molecule has 2 fully saturated rings. The maximum atomic E-state index is 12.3. The average molecular weight is 246 g/mol. The van der Waals surface area contributed by atoms with Gasteiger partial charge in [-0.05, 0) is 43.6 Å². The topological polar surface area (TPSA) is 46.2 Å². The van der Waals surface area contributed by atoms with Crippen molar-refractivity contribution in [3.05, 3.63) is 0 Å². The van der Waals surface area contributed by atoms with Gasteiger partial charge in [-0.15, -0.1) is 12.4 Å². The molecule has 3 N–H and O–H groups in total. The van der Waals surface area contributed by atoms with E-state index in [0.29, 0.717) is 12.5 Å². The van der Waals surface area contributed by atoms with Crippen LogP contribution in [0.3, 0.4) is 0 Å². The normalized spacial score (nSPS) is 44.2. The lowest BCUT2D eigenvalue weighted by molar-refractivity contribution is -0.330. The highest BCUT2D eigenvalue weighted by Crippen LogP contribution is 2.65. The van der Waals surface area contributed by atoms with Crippen molar-refractivity contribution in [2.45, 2.75) is 37.5 Å². The maximum Gasteiger partial charge on any atom is 0.417 e. The fourth-order valence-electron chi connectivity index (χ4n) is 3.01. The second kappa shape index (κ2) is 3.50. The van der Waals surface area contributed by atoms with Crippen molar-refractivity contribution in [1.82, 2.24) is 0 Å². The van der Waals surface area contributed by atoms with E-state index in [9.17, 15) is 18.3 Å². The summed E-state index contributed by atoms with van der Waals surface area (Å²) in [6.07, 6.45) is -3.21. The van der Waals surface area contributed by atoms with Crippen LogP contribution in [0.1, 0.15) is 25.7 Å². The molecule has 15 heavy (non-hydrogen) atoms. The molecule has 2 aliphatic rings. The van der Waals surface area contributed by atoms with Crippen LogP contribution >= 0.6 is 12.4 Å². The number of halogens is 4. The number of hydrogen-bond donors (Lipinski definition) is 2. The van der Waals surface area contributed by atoms with E-state index >= 15 is 0 Å². The first-order valence-corrected chi connectivity index (χ1v) is 4.79. The molecule has 2 aliphatic carbocycles. The van der Waals surface area contributed by atoms with Gasteiger partial charge in [-0.3, -0.25) is 0 Å². The Morgan fingerprint density at radius 1 is 1.27 bits per heavy atom. The highest BCUT2D eigenvalue weighted by atomic mass is 35.5. The molecule has 0 amide bonds. The minimum absolute atomic E-state index is 0. The maximum absolute atomic E-state index is 12.3. The fraction of sp³-hybridized carbons (Fsp3) is 1.00. The average Bonchev–Trinajstić information content (AvgIpc) is 1.91. The van der Waals surface area contributed by atoms with Crippen molar-refractivity contribution < 1.29 is 18.3 Å². The molecular formula is C9H15ClF3NO. The third kappa shape index (κ3) is 1.85. The number of aliphatic hydroxyl groups is 1. The van der Waals surface area contributed by atoms with Gasteiger partial charge >= 0.3 is 6.18 Å². The fourth-order valence-corrected chi connectivity index (χ4v) is 3.01. The Bertz CT molecular complexity index is 242. The molecule has 0 saturated heterocycles. The monoisotopic (exact) mass is 245 g/mol. The SMILES string of the molecule is Cl.NCC1CC2(C1)CC(O)(C(F)(F)F)C2. The van der Waals surface area contributed by atoms with E-state index in [4.69, 9.17) is 5.73 Å². The minimum Gasteiger partial charge on any atom is -0.380 e. The van der Waals surface area contributed by atoms with E-state index in [2.05, 4.69) is 0 Å². The summed E-state index contributed by atoms with van der Waals surface area (Å²) in [6.45, 7) is 0.548. The molecule has 6 heteroatoms. The molecule has 0 bridgehead atoms. The smallest absolute Gasteiger partial charge is 0.380 e. The van der Waals surface area contributed by atoms with Crippen LogP contribution in [-0.2, 0) is 0 Å². The first-order valence-electron chi connectivity index (χ1n) is 4.79. The van der Waals surface area contributed by atoms with Gasteiger partial charge in [-0.25, -0.2) is 0 Å². The molecule has 2 nitrogen and oxygen atoms in total. The van der Waals surface area contributed by atoms with Crippen LogP contribution in [0.25, 0.3) is 0 Å². The van der Waals surface area contributed by atoms with Crippen molar-refractivity contribution in [2.75, 3.05) is 6.54 Å². The molecule has 0 heterocycles. The molecule has 0 radical (unpaired) electrons. The van der Waals surface area contributed by atoms with Crippen molar-refractivity contribution in [2.24, 2.45) is 17.1 Å². The van der Waals surface area contributed by atoms with Crippen LogP contribution < -0.4 is 5.73 Å². The first kappa shape index (κ1) is 13.1. The molecule has 0 aliphatic heterocycles. The van der Waals surface area contributed by atoms with E-state index in [0.717, 1.165) is 12.8 Å².